The van der Waals surface area contributed by atoms with E-state index in [1.807, 2.05) is 0 Å². The molecule has 136 valence electrons. The van der Waals surface area contributed by atoms with Gasteiger partial charge in [0.1, 0.15) is 23.1 Å². The van der Waals surface area contributed by atoms with E-state index in [9.17, 15) is 4.79 Å². The second-order valence-corrected chi connectivity index (χ2v) is 6.90. The van der Waals surface area contributed by atoms with Gasteiger partial charge in [-0.2, -0.15) is 0 Å². The number of carbonyl (C=O) groups is 1. The summed E-state index contributed by atoms with van der Waals surface area (Å²) in [5.74, 6) is 0.486. The number of aryl methyl sites for hydroxylation is 1. The molecule has 26 heavy (non-hydrogen) atoms. The van der Waals surface area contributed by atoms with Crippen molar-refractivity contribution in [3.63, 3.8) is 0 Å². The van der Waals surface area contributed by atoms with Crippen LogP contribution in [0.2, 0.25) is 0 Å². The Morgan fingerprint density at radius 3 is 2.85 bits per heavy atom. The standard InChI is InChI=1S/C18H21N5O3/c1-18(20,17(19)24)15-12-3-2-4-13(12)22-16(23-15)14-7-10(5-6-21-14)26-11-8-25-9-11/h5-7,11H,2-4,8-9,20H2,1H3,(H2,19,24). The first-order chi connectivity index (χ1) is 12.4. The minimum absolute atomic E-state index is 0.0592. The van der Waals surface area contributed by atoms with Crippen LogP contribution >= 0.6 is 0 Å². The van der Waals surface area contributed by atoms with Gasteiger partial charge in [0.05, 0.1) is 18.9 Å². The summed E-state index contributed by atoms with van der Waals surface area (Å²) >= 11 is 0. The fourth-order valence-electron chi connectivity index (χ4n) is 3.17. The topological polar surface area (TPSA) is 126 Å². The number of amides is 1. The van der Waals surface area contributed by atoms with E-state index in [4.69, 9.17) is 20.9 Å². The molecule has 0 aromatic carbocycles. The quantitative estimate of drug-likeness (QED) is 0.798. The molecule has 2 aliphatic rings. The Labute approximate surface area is 150 Å². The summed E-state index contributed by atoms with van der Waals surface area (Å²) in [4.78, 5) is 25.5. The first-order valence-corrected chi connectivity index (χ1v) is 8.65. The van der Waals surface area contributed by atoms with Gasteiger partial charge >= 0.3 is 0 Å². The van der Waals surface area contributed by atoms with E-state index in [0.29, 0.717) is 36.2 Å². The molecule has 4 N–H and O–H groups in total. The van der Waals surface area contributed by atoms with Crippen LogP contribution in [-0.4, -0.2) is 40.2 Å². The minimum Gasteiger partial charge on any atom is -0.485 e. The molecule has 1 aliphatic heterocycles. The van der Waals surface area contributed by atoms with Crippen LogP contribution in [0, 0.1) is 0 Å². The predicted octanol–water partition coefficient (Wildman–Crippen LogP) is 0.464. The maximum absolute atomic E-state index is 11.9. The molecule has 4 rings (SSSR count). The highest BCUT2D eigenvalue weighted by atomic mass is 16.6. The zero-order valence-electron chi connectivity index (χ0n) is 14.6. The van der Waals surface area contributed by atoms with Gasteiger partial charge < -0.3 is 20.9 Å². The summed E-state index contributed by atoms with van der Waals surface area (Å²) in [6, 6.07) is 3.57. The Morgan fingerprint density at radius 2 is 2.15 bits per heavy atom. The lowest BCUT2D eigenvalue weighted by atomic mass is 9.93. The number of hydrogen-bond donors (Lipinski definition) is 2. The molecule has 1 fully saturated rings. The Bertz CT molecular complexity index is 864. The van der Waals surface area contributed by atoms with Crippen molar-refractivity contribution in [1.29, 1.82) is 0 Å². The monoisotopic (exact) mass is 355 g/mol. The van der Waals surface area contributed by atoms with Crippen LogP contribution in [0.1, 0.15) is 30.3 Å². The van der Waals surface area contributed by atoms with Gasteiger partial charge in [0.15, 0.2) is 5.82 Å². The normalized spacial score (nSPS) is 18.7. The summed E-state index contributed by atoms with van der Waals surface area (Å²) in [6.07, 6.45) is 4.28. The number of nitrogens with zero attached hydrogens (tertiary/aromatic N) is 3. The Balaban J connectivity index is 1.75. The zero-order chi connectivity index (χ0) is 18.3. The van der Waals surface area contributed by atoms with Crippen molar-refractivity contribution in [2.24, 2.45) is 11.5 Å². The van der Waals surface area contributed by atoms with Gasteiger partial charge in [-0.1, -0.05) is 0 Å². The molecule has 8 nitrogen and oxygen atoms in total. The minimum atomic E-state index is -1.36. The molecule has 1 unspecified atom stereocenters. The van der Waals surface area contributed by atoms with E-state index in [1.165, 1.54) is 0 Å². The summed E-state index contributed by atoms with van der Waals surface area (Å²) in [6.45, 7) is 2.76. The van der Waals surface area contributed by atoms with Crippen molar-refractivity contribution in [2.45, 2.75) is 37.8 Å². The summed E-state index contributed by atoms with van der Waals surface area (Å²) in [5.41, 5.74) is 13.2. The van der Waals surface area contributed by atoms with Crippen molar-refractivity contribution in [2.75, 3.05) is 13.2 Å². The van der Waals surface area contributed by atoms with Crippen molar-refractivity contribution >= 4 is 5.91 Å². The number of aromatic nitrogens is 3. The Hall–Kier alpha value is -2.58. The van der Waals surface area contributed by atoms with Gasteiger partial charge in [0.25, 0.3) is 0 Å². The highest BCUT2D eigenvalue weighted by Crippen LogP contribution is 2.31. The van der Waals surface area contributed by atoms with Crippen LogP contribution in [0.25, 0.3) is 11.5 Å². The molecule has 0 saturated carbocycles. The van der Waals surface area contributed by atoms with Gasteiger partial charge in [-0.25, -0.2) is 9.97 Å². The van der Waals surface area contributed by atoms with Crippen molar-refractivity contribution in [3.8, 4) is 17.3 Å². The fraction of sp³-hybridized carbons (Fsp3) is 0.444. The average Bonchev–Trinajstić information content (AvgIpc) is 3.05. The molecule has 1 aliphatic carbocycles. The van der Waals surface area contributed by atoms with Crippen LogP contribution in [0.3, 0.4) is 0 Å². The molecule has 0 bridgehead atoms. The SMILES string of the molecule is CC(N)(C(N)=O)c1nc(-c2cc(OC3COC3)ccn2)nc2c1CCC2. The van der Waals surface area contributed by atoms with Crippen LogP contribution in [0.4, 0.5) is 0 Å². The molecule has 0 radical (unpaired) electrons. The van der Waals surface area contributed by atoms with Crippen molar-refractivity contribution in [3.05, 3.63) is 35.3 Å². The van der Waals surface area contributed by atoms with Gasteiger partial charge in [-0.05, 0) is 37.8 Å². The van der Waals surface area contributed by atoms with Crippen molar-refractivity contribution < 1.29 is 14.3 Å². The number of ether oxygens (including phenoxy) is 2. The second-order valence-electron chi connectivity index (χ2n) is 6.90. The first kappa shape index (κ1) is 16.9. The van der Waals surface area contributed by atoms with Crippen LogP contribution < -0.4 is 16.2 Å². The van der Waals surface area contributed by atoms with E-state index >= 15 is 0 Å². The Morgan fingerprint density at radius 1 is 1.35 bits per heavy atom. The molecular weight excluding hydrogens is 334 g/mol. The van der Waals surface area contributed by atoms with E-state index in [0.717, 1.165) is 30.5 Å². The molecule has 2 aromatic rings. The van der Waals surface area contributed by atoms with E-state index < -0.39 is 11.4 Å². The molecule has 8 heteroatoms. The van der Waals surface area contributed by atoms with Crippen LogP contribution in [-0.2, 0) is 27.9 Å². The highest BCUT2D eigenvalue weighted by Gasteiger charge is 2.35. The fourth-order valence-corrected chi connectivity index (χ4v) is 3.17. The first-order valence-electron chi connectivity index (χ1n) is 8.65. The number of hydrogen-bond acceptors (Lipinski definition) is 7. The number of nitrogens with two attached hydrogens (primary N) is 2. The van der Waals surface area contributed by atoms with Crippen LogP contribution in [0.15, 0.2) is 18.3 Å². The number of rotatable bonds is 5. The molecule has 1 amide bonds. The molecule has 3 heterocycles. The van der Waals surface area contributed by atoms with E-state index in [-0.39, 0.29) is 6.10 Å². The lowest BCUT2D eigenvalue weighted by Crippen LogP contribution is -2.47. The van der Waals surface area contributed by atoms with E-state index in [2.05, 4.69) is 15.0 Å². The highest BCUT2D eigenvalue weighted by molar-refractivity contribution is 5.85. The Kier molecular flexibility index (Phi) is 4.08. The zero-order valence-corrected chi connectivity index (χ0v) is 14.6. The van der Waals surface area contributed by atoms with Gasteiger partial charge in [0, 0.05) is 18.0 Å². The number of fused-ring (bicyclic) bond motifs is 1. The third kappa shape index (κ3) is 2.91. The lowest BCUT2D eigenvalue weighted by Gasteiger charge is -2.26. The number of primary amides is 1. The smallest absolute Gasteiger partial charge is 0.243 e. The van der Waals surface area contributed by atoms with Gasteiger partial charge in [-0.3, -0.25) is 9.78 Å². The molecule has 1 saturated heterocycles. The van der Waals surface area contributed by atoms with E-state index in [1.54, 1.807) is 25.3 Å². The molecule has 0 spiro atoms. The summed E-state index contributed by atoms with van der Waals surface area (Å²) in [5, 5.41) is 0. The van der Waals surface area contributed by atoms with Gasteiger partial charge in [0.2, 0.25) is 5.91 Å². The predicted molar refractivity (Wildman–Crippen MR) is 93.3 cm³/mol. The third-order valence-corrected chi connectivity index (χ3v) is 4.81. The molecule has 2 aromatic heterocycles. The maximum atomic E-state index is 11.9. The van der Waals surface area contributed by atoms with Gasteiger partial charge in [-0.15, -0.1) is 0 Å². The molecule has 1 atom stereocenters. The molecular formula is C18H21N5O3. The van der Waals surface area contributed by atoms with Crippen LogP contribution in [0.5, 0.6) is 5.75 Å². The third-order valence-electron chi connectivity index (χ3n) is 4.81. The van der Waals surface area contributed by atoms with Crippen molar-refractivity contribution in [1.82, 2.24) is 15.0 Å². The number of pyridine rings is 1. The number of carbonyl (C=O) groups excluding carboxylic acids is 1. The second kappa shape index (κ2) is 6.30. The largest absolute Gasteiger partial charge is 0.485 e. The maximum Gasteiger partial charge on any atom is 0.243 e. The average molecular weight is 355 g/mol. The summed E-state index contributed by atoms with van der Waals surface area (Å²) in [7, 11) is 0. The lowest BCUT2D eigenvalue weighted by molar-refractivity contribution is -0.122. The summed E-state index contributed by atoms with van der Waals surface area (Å²) < 4.78 is 10.9.